The maximum atomic E-state index is 13.8. The zero-order valence-corrected chi connectivity index (χ0v) is 13.2. The van der Waals surface area contributed by atoms with Crippen LogP contribution in [0.4, 0.5) is 4.39 Å². The average molecular weight is 305 g/mol. The molecule has 2 aromatic rings. The summed E-state index contributed by atoms with van der Waals surface area (Å²) in [6.07, 6.45) is 0.392. The van der Waals surface area contributed by atoms with E-state index in [1.165, 1.54) is 11.6 Å². The van der Waals surface area contributed by atoms with Gasteiger partial charge in [-0.2, -0.15) is 0 Å². The van der Waals surface area contributed by atoms with Crippen LogP contribution in [0, 0.1) is 26.6 Å². The van der Waals surface area contributed by atoms with Crippen molar-refractivity contribution in [3.63, 3.8) is 0 Å². The summed E-state index contributed by atoms with van der Waals surface area (Å²) in [4.78, 5) is 12.2. The van der Waals surface area contributed by atoms with Crippen LogP contribution in [0.2, 0.25) is 5.02 Å². The topological polar surface area (TPSA) is 17.1 Å². The van der Waals surface area contributed by atoms with E-state index in [9.17, 15) is 9.18 Å². The van der Waals surface area contributed by atoms with Crippen molar-refractivity contribution in [1.82, 2.24) is 0 Å². The standard InChI is InChI=1S/C18H18ClFO/c1-11-7-12(2)16(13(3)8-11)10-15(21)9-14-5-4-6-17(19)18(14)20/h4-8H,9-10H2,1-3H3. The molecule has 0 radical (unpaired) electrons. The lowest BCUT2D eigenvalue weighted by molar-refractivity contribution is -0.117. The highest BCUT2D eigenvalue weighted by atomic mass is 35.5. The lowest BCUT2D eigenvalue weighted by Crippen LogP contribution is -2.10. The van der Waals surface area contributed by atoms with Crippen LogP contribution in [0.3, 0.4) is 0 Å². The van der Waals surface area contributed by atoms with E-state index in [4.69, 9.17) is 11.6 Å². The van der Waals surface area contributed by atoms with Gasteiger partial charge in [-0.25, -0.2) is 4.39 Å². The fraction of sp³-hybridized carbons (Fsp3) is 0.278. The summed E-state index contributed by atoms with van der Waals surface area (Å²) in [7, 11) is 0. The zero-order valence-electron chi connectivity index (χ0n) is 12.5. The van der Waals surface area contributed by atoms with Gasteiger partial charge in [0.2, 0.25) is 0 Å². The number of carbonyl (C=O) groups excluding carboxylic acids is 1. The summed E-state index contributed by atoms with van der Waals surface area (Å²) >= 11 is 5.74. The molecule has 2 aromatic carbocycles. The second-order valence-electron chi connectivity index (χ2n) is 5.48. The molecule has 110 valence electrons. The monoisotopic (exact) mass is 304 g/mol. The number of hydrogen-bond donors (Lipinski definition) is 0. The summed E-state index contributed by atoms with van der Waals surface area (Å²) in [6, 6.07) is 8.88. The van der Waals surface area contributed by atoms with Crippen LogP contribution in [-0.2, 0) is 17.6 Å². The number of carbonyl (C=O) groups is 1. The summed E-state index contributed by atoms with van der Waals surface area (Å²) in [5.74, 6) is -0.504. The molecule has 0 heterocycles. The molecule has 2 rings (SSSR count). The molecule has 3 heteroatoms. The summed E-state index contributed by atoms with van der Waals surface area (Å²) in [5, 5.41) is 0.0583. The first-order valence-electron chi connectivity index (χ1n) is 6.90. The highest BCUT2D eigenvalue weighted by Gasteiger charge is 2.13. The predicted molar refractivity (Wildman–Crippen MR) is 84.5 cm³/mol. The third kappa shape index (κ3) is 3.70. The van der Waals surface area contributed by atoms with Gasteiger partial charge >= 0.3 is 0 Å². The molecule has 21 heavy (non-hydrogen) atoms. The Labute approximate surface area is 129 Å². The van der Waals surface area contributed by atoms with Gasteiger partial charge in [-0.1, -0.05) is 41.4 Å². The van der Waals surface area contributed by atoms with Gasteiger partial charge in [-0.3, -0.25) is 4.79 Å². The van der Waals surface area contributed by atoms with Crippen LogP contribution in [0.15, 0.2) is 30.3 Å². The van der Waals surface area contributed by atoms with Crippen molar-refractivity contribution in [2.24, 2.45) is 0 Å². The van der Waals surface area contributed by atoms with E-state index < -0.39 is 5.82 Å². The molecule has 0 aliphatic heterocycles. The maximum absolute atomic E-state index is 13.8. The Morgan fingerprint density at radius 3 is 2.33 bits per heavy atom. The normalized spacial score (nSPS) is 10.7. The first-order valence-corrected chi connectivity index (χ1v) is 7.27. The van der Waals surface area contributed by atoms with Gasteiger partial charge in [0.1, 0.15) is 11.6 Å². The second kappa shape index (κ2) is 6.40. The fourth-order valence-corrected chi connectivity index (χ4v) is 2.84. The minimum Gasteiger partial charge on any atom is -0.299 e. The Balaban J connectivity index is 2.18. The van der Waals surface area contributed by atoms with Gasteiger partial charge < -0.3 is 0 Å². The number of benzene rings is 2. The van der Waals surface area contributed by atoms with Crippen LogP contribution in [-0.4, -0.2) is 5.78 Å². The lowest BCUT2D eigenvalue weighted by Gasteiger charge is -2.11. The smallest absolute Gasteiger partial charge is 0.145 e. The zero-order chi connectivity index (χ0) is 15.6. The van der Waals surface area contributed by atoms with Crippen molar-refractivity contribution >= 4 is 17.4 Å². The molecule has 0 unspecified atom stereocenters. The minimum atomic E-state index is -0.495. The molecule has 0 atom stereocenters. The SMILES string of the molecule is Cc1cc(C)c(CC(=O)Cc2cccc(Cl)c2F)c(C)c1. The lowest BCUT2D eigenvalue weighted by atomic mass is 9.94. The number of halogens is 2. The van der Waals surface area contributed by atoms with Gasteiger partial charge in [0, 0.05) is 12.8 Å². The maximum Gasteiger partial charge on any atom is 0.145 e. The molecule has 0 aromatic heterocycles. The van der Waals surface area contributed by atoms with Crippen LogP contribution in [0.1, 0.15) is 27.8 Å². The summed E-state index contributed by atoms with van der Waals surface area (Å²) in [6.45, 7) is 6.04. The summed E-state index contributed by atoms with van der Waals surface area (Å²) in [5.41, 5.74) is 4.78. The Morgan fingerprint density at radius 2 is 1.71 bits per heavy atom. The van der Waals surface area contributed by atoms with E-state index in [2.05, 4.69) is 12.1 Å². The van der Waals surface area contributed by atoms with Gasteiger partial charge in [0.25, 0.3) is 0 Å². The van der Waals surface area contributed by atoms with Crippen molar-refractivity contribution in [3.05, 3.63) is 69.0 Å². The molecule has 0 saturated carbocycles. The molecular formula is C18H18ClFO. The molecule has 0 N–H and O–H groups in total. The molecule has 0 aliphatic carbocycles. The second-order valence-corrected chi connectivity index (χ2v) is 5.89. The van der Waals surface area contributed by atoms with Crippen molar-refractivity contribution in [1.29, 1.82) is 0 Å². The van der Waals surface area contributed by atoms with Gasteiger partial charge in [0.05, 0.1) is 5.02 Å². The Hall–Kier alpha value is -1.67. The first-order chi connectivity index (χ1) is 9.88. The Morgan fingerprint density at radius 1 is 1.10 bits per heavy atom. The number of ketones is 1. The van der Waals surface area contributed by atoms with Gasteiger partial charge in [-0.15, -0.1) is 0 Å². The van der Waals surface area contributed by atoms with E-state index in [1.54, 1.807) is 12.1 Å². The molecule has 0 spiro atoms. The number of Topliss-reactive ketones (excluding diaryl/α,β-unsaturated/α-hetero) is 1. The molecule has 0 aliphatic rings. The minimum absolute atomic E-state index is 0.00813. The van der Waals surface area contributed by atoms with Crippen LogP contribution >= 0.6 is 11.6 Å². The van der Waals surface area contributed by atoms with E-state index in [-0.39, 0.29) is 17.2 Å². The molecule has 0 saturated heterocycles. The largest absolute Gasteiger partial charge is 0.299 e. The van der Waals surface area contributed by atoms with Crippen molar-refractivity contribution in [2.75, 3.05) is 0 Å². The molecule has 0 amide bonds. The molecule has 0 fully saturated rings. The number of hydrogen-bond acceptors (Lipinski definition) is 1. The average Bonchev–Trinajstić information content (AvgIpc) is 2.39. The Bertz CT molecular complexity index is 669. The number of rotatable bonds is 4. The van der Waals surface area contributed by atoms with E-state index in [0.717, 1.165) is 16.7 Å². The third-order valence-electron chi connectivity index (χ3n) is 3.63. The molecule has 1 nitrogen and oxygen atoms in total. The highest BCUT2D eigenvalue weighted by Crippen LogP contribution is 2.21. The third-order valence-corrected chi connectivity index (χ3v) is 3.93. The Kier molecular flexibility index (Phi) is 4.79. The van der Waals surface area contributed by atoms with Crippen LogP contribution in [0.5, 0.6) is 0 Å². The quantitative estimate of drug-likeness (QED) is 0.796. The first kappa shape index (κ1) is 15.7. The van der Waals surface area contributed by atoms with Crippen LogP contribution < -0.4 is 0 Å². The number of aryl methyl sites for hydroxylation is 3. The molecular weight excluding hydrogens is 287 g/mol. The van der Waals surface area contributed by atoms with Crippen molar-refractivity contribution in [3.8, 4) is 0 Å². The molecule has 0 bridgehead atoms. The van der Waals surface area contributed by atoms with E-state index >= 15 is 0 Å². The fourth-order valence-electron chi connectivity index (χ4n) is 2.65. The van der Waals surface area contributed by atoms with Gasteiger partial charge in [0.15, 0.2) is 0 Å². The van der Waals surface area contributed by atoms with Crippen molar-refractivity contribution < 1.29 is 9.18 Å². The van der Waals surface area contributed by atoms with Crippen molar-refractivity contribution in [2.45, 2.75) is 33.6 Å². The van der Waals surface area contributed by atoms with E-state index in [1.807, 2.05) is 20.8 Å². The predicted octanol–water partition coefficient (Wildman–Crippen LogP) is 4.76. The van der Waals surface area contributed by atoms with E-state index in [0.29, 0.717) is 12.0 Å². The van der Waals surface area contributed by atoms with Gasteiger partial charge in [-0.05, 0) is 49.1 Å². The summed E-state index contributed by atoms with van der Waals surface area (Å²) < 4.78 is 13.8. The van der Waals surface area contributed by atoms with Crippen LogP contribution in [0.25, 0.3) is 0 Å². The highest BCUT2D eigenvalue weighted by molar-refractivity contribution is 6.30.